The van der Waals surface area contributed by atoms with Crippen molar-refractivity contribution in [1.29, 1.82) is 0 Å². The van der Waals surface area contributed by atoms with Gasteiger partial charge in [-0.1, -0.05) is 12.1 Å². The number of hydrogen-bond acceptors (Lipinski definition) is 5. The summed E-state index contributed by atoms with van der Waals surface area (Å²) in [6.45, 7) is 3.42. The van der Waals surface area contributed by atoms with E-state index in [-0.39, 0.29) is 0 Å². The molecule has 1 heterocycles. The van der Waals surface area contributed by atoms with Gasteiger partial charge < -0.3 is 15.8 Å². The molecular formula is C16H23N3OS. The third kappa shape index (κ3) is 4.81. The van der Waals surface area contributed by atoms with Crippen LogP contribution < -0.4 is 11.1 Å². The van der Waals surface area contributed by atoms with Gasteiger partial charge in [0.25, 0.3) is 0 Å². The molecule has 0 spiro atoms. The zero-order valence-electron chi connectivity index (χ0n) is 12.6. The summed E-state index contributed by atoms with van der Waals surface area (Å²) in [5, 5.41) is 6.68. The highest BCUT2D eigenvalue weighted by atomic mass is 32.1. The number of rotatable bonds is 8. The topological polar surface area (TPSA) is 60.2 Å². The molecule has 0 fully saturated rings. The largest absolute Gasteiger partial charge is 0.383 e. The number of hydrogen-bond donors (Lipinski definition) is 2. The lowest BCUT2D eigenvalue weighted by Crippen LogP contribution is -2.25. The van der Waals surface area contributed by atoms with Crippen molar-refractivity contribution in [2.24, 2.45) is 5.73 Å². The second kappa shape index (κ2) is 8.12. The zero-order valence-corrected chi connectivity index (χ0v) is 13.5. The van der Waals surface area contributed by atoms with Gasteiger partial charge in [-0.15, -0.1) is 11.3 Å². The van der Waals surface area contributed by atoms with Gasteiger partial charge in [0.1, 0.15) is 0 Å². The summed E-state index contributed by atoms with van der Waals surface area (Å²) < 4.78 is 5.26. The van der Waals surface area contributed by atoms with Crippen LogP contribution in [-0.4, -0.2) is 31.3 Å². The smallest absolute Gasteiger partial charge is 0.0901 e. The summed E-state index contributed by atoms with van der Waals surface area (Å²) in [7, 11) is 1.73. The molecule has 0 bridgehead atoms. The minimum atomic E-state index is 0.297. The summed E-state index contributed by atoms with van der Waals surface area (Å²) >= 11 is 1.67. The van der Waals surface area contributed by atoms with E-state index in [4.69, 9.17) is 10.5 Å². The van der Waals surface area contributed by atoms with Gasteiger partial charge in [0.2, 0.25) is 0 Å². The fraction of sp³-hybridized carbons (Fsp3) is 0.438. The van der Waals surface area contributed by atoms with Crippen LogP contribution in [0, 0.1) is 6.92 Å². The number of nitrogens with one attached hydrogen (secondary N) is 1. The van der Waals surface area contributed by atoms with Crippen LogP contribution in [-0.2, 0) is 4.74 Å². The van der Waals surface area contributed by atoms with Gasteiger partial charge in [0, 0.05) is 29.8 Å². The fourth-order valence-electron chi connectivity index (χ4n) is 2.23. The number of aromatic nitrogens is 1. The fourth-order valence-corrected chi connectivity index (χ4v) is 2.85. The Kier molecular flexibility index (Phi) is 6.17. The molecule has 3 N–H and O–H groups in total. The van der Waals surface area contributed by atoms with Crippen LogP contribution in [0.3, 0.4) is 0 Å². The number of ether oxygens (including phenoxy) is 1. The molecule has 1 aromatic carbocycles. The monoisotopic (exact) mass is 305 g/mol. The minimum absolute atomic E-state index is 0.297. The molecule has 2 aromatic rings. The van der Waals surface area contributed by atoms with E-state index in [1.165, 1.54) is 0 Å². The SMILES string of the molecule is COCC(CCCN)Nc1ccc(-c2csc(C)n2)cc1. The summed E-state index contributed by atoms with van der Waals surface area (Å²) in [4.78, 5) is 4.51. The van der Waals surface area contributed by atoms with Crippen molar-refractivity contribution < 1.29 is 4.74 Å². The van der Waals surface area contributed by atoms with E-state index in [9.17, 15) is 0 Å². The number of aryl methyl sites for hydroxylation is 1. The van der Waals surface area contributed by atoms with Gasteiger partial charge in [0.15, 0.2) is 0 Å². The highest BCUT2D eigenvalue weighted by Gasteiger charge is 2.08. The second-order valence-electron chi connectivity index (χ2n) is 5.06. The first kappa shape index (κ1) is 15.9. The molecule has 0 aliphatic carbocycles. The number of thiazole rings is 1. The molecule has 1 atom stereocenters. The maximum Gasteiger partial charge on any atom is 0.0901 e. The molecule has 114 valence electrons. The molecule has 1 unspecified atom stereocenters. The van der Waals surface area contributed by atoms with Crippen molar-refractivity contribution in [1.82, 2.24) is 4.98 Å². The van der Waals surface area contributed by atoms with Crippen molar-refractivity contribution in [2.75, 3.05) is 25.6 Å². The lowest BCUT2D eigenvalue weighted by molar-refractivity contribution is 0.182. The van der Waals surface area contributed by atoms with Crippen molar-refractivity contribution in [3.63, 3.8) is 0 Å². The quantitative estimate of drug-likeness (QED) is 0.785. The molecule has 0 aliphatic heterocycles. The maximum absolute atomic E-state index is 5.58. The summed E-state index contributed by atoms with van der Waals surface area (Å²) in [6.07, 6.45) is 2.01. The Bertz CT molecular complexity index is 539. The molecule has 0 aliphatic rings. The predicted molar refractivity (Wildman–Crippen MR) is 89.9 cm³/mol. The molecule has 0 radical (unpaired) electrons. The minimum Gasteiger partial charge on any atom is -0.383 e. The number of nitrogens with zero attached hydrogens (tertiary/aromatic N) is 1. The Hall–Kier alpha value is -1.43. The normalized spacial score (nSPS) is 12.3. The van der Waals surface area contributed by atoms with Crippen molar-refractivity contribution >= 4 is 17.0 Å². The van der Waals surface area contributed by atoms with E-state index in [0.717, 1.165) is 34.8 Å². The van der Waals surface area contributed by atoms with Crippen LogP contribution in [0.25, 0.3) is 11.3 Å². The van der Waals surface area contributed by atoms with Gasteiger partial charge in [0.05, 0.1) is 17.3 Å². The molecule has 2 rings (SSSR count). The summed E-state index contributed by atoms with van der Waals surface area (Å²) in [5.41, 5.74) is 8.87. The Morgan fingerprint density at radius 3 is 2.67 bits per heavy atom. The summed E-state index contributed by atoms with van der Waals surface area (Å²) in [6, 6.07) is 8.68. The van der Waals surface area contributed by atoms with Crippen molar-refractivity contribution in [3.05, 3.63) is 34.7 Å². The van der Waals surface area contributed by atoms with Gasteiger partial charge in [-0.2, -0.15) is 0 Å². The molecule has 5 heteroatoms. The number of benzene rings is 1. The van der Waals surface area contributed by atoms with Crippen LogP contribution in [0.2, 0.25) is 0 Å². The Balaban J connectivity index is 2.00. The van der Waals surface area contributed by atoms with E-state index in [1.807, 2.05) is 6.92 Å². The number of methoxy groups -OCH3 is 1. The molecule has 0 saturated heterocycles. The second-order valence-corrected chi connectivity index (χ2v) is 6.12. The van der Waals surface area contributed by atoms with E-state index >= 15 is 0 Å². The van der Waals surface area contributed by atoms with Crippen LogP contribution >= 0.6 is 11.3 Å². The Morgan fingerprint density at radius 2 is 2.10 bits per heavy atom. The molecule has 21 heavy (non-hydrogen) atoms. The first-order valence-corrected chi connectivity index (χ1v) is 8.09. The third-order valence-corrected chi connectivity index (χ3v) is 4.07. The lowest BCUT2D eigenvalue weighted by atomic mass is 10.1. The average molecular weight is 305 g/mol. The first-order chi connectivity index (χ1) is 10.2. The Labute approximate surface area is 130 Å². The van der Waals surface area contributed by atoms with E-state index in [1.54, 1.807) is 18.4 Å². The molecule has 1 aromatic heterocycles. The molecule has 0 amide bonds. The standard InChI is InChI=1S/C16H23N3OS/c1-12-18-16(11-21-12)13-5-7-14(8-6-13)19-15(10-20-2)4-3-9-17/h5-8,11,15,19H,3-4,9-10,17H2,1-2H3. The number of nitrogens with two attached hydrogens (primary N) is 1. The Morgan fingerprint density at radius 1 is 1.33 bits per heavy atom. The zero-order chi connectivity index (χ0) is 15.1. The highest BCUT2D eigenvalue weighted by molar-refractivity contribution is 7.09. The predicted octanol–water partition coefficient (Wildman–Crippen LogP) is 3.28. The van der Waals surface area contributed by atoms with Gasteiger partial charge >= 0.3 is 0 Å². The van der Waals surface area contributed by atoms with E-state index in [0.29, 0.717) is 19.2 Å². The van der Waals surface area contributed by atoms with Crippen LogP contribution in [0.1, 0.15) is 17.8 Å². The van der Waals surface area contributed by atoms with E-state index in [2.05, 4.69) is 39.9 Å². The van der Waals surface area contributed by atoms with Crippen molar-refractivity contribution in [3.8, 4) is 11.3 Å². The maximum atomic E-state index is 5.58. The van der Waals surface area contributed by atoms with Gasteiger partial charge in [-0.3, -0.25) is 0 Å². The highest BCUT2D eigenvalue weighted by Crippen LogP contribution is 2.23. The van der Waals surface area contributed by atoms with Crippen LogP contribution in [0.15, 0.2) is 29.6 Å². The molecule has 0 saturated carbocycles. The van der Waals surface area contributed by atoms with Gasteiger partial charge in [-0.25, -0.2) is 4.98 Å². The van der Waals surface area contributed by atoms with Crippen LogP contribution in [0.4, 0.5) is 5.69 Å². The average Bonchev–Trinajstić information content (AvgIpc) is 2.92. The van der Waals surface area contributed by atoms with Gasteiger partial charge in [-0.05, 0) is 38.4 Å². The number of anilines is 1. The van der Waals surface area contributed by atoms with E-state index < -0.39 is 0 Å². The molecular weight excluding hydrogens is 282 g/mol. The summed E-state index contributed by atoms with van der Waals surface area (Å²) in [5.74, 6) is 0. The van der Waals surface area contributed by atoms with Crippen LogP contribution in [0.5, 0.6) is 0 Å². The first-order valence-electron chi connectivity index (χ1n) is 7.21. The molecule has 4 nitrogen and oxygen atoms in total. The van der Waals surface area contributed by atoms with Crippen molar-refractivity contribution in [2.45, 2.75) is 25.8 Å². The third-order valence-electron chi connectivity index (χ3n) is 3.30. The lowest BCUT2D eigenvalue weighted by Gasteiger charge is -2.19.